The van der Waals surface area contributed by atoms with Crippen molar-refractivity contribution in [3.8, 4) is 23.5 Å². The minimum Gasteiger partial charge on any atom is -0.496 e. The summed E-state index contributed by atoms with van der Waals surface area (Å²) in [6.45, 7) is 4.15. The van der Waals surface area contributed by atoms with Crippen molar-refractivity contribution >= 4 is 22.6 Å². The number of primary amides is 1. The number of carbonyl (C=O) groups is 2. The smallest absolute Gasteiger partial charge is 0.255 e. The molecule has 1 saturated heterocycles. The van der Waals surface area contributed by atoms with Gasteiger partial charge in [0.2, 0.25) is 5.88 Å². The van der Waals surface area contributed by atoms with Gasteiger partial charge in [0.05, 0.1) is 24.3 Å². The van der Waals surface area contributed by atoms with Gasteiger partial charge in [-0.15, -0.1) is 0 Å². The number of amides is 2. The van der Waals surface area contributed by atoms with Crippen LogP contribution in [0.15, 0.2) is 18.3 Å². The summed E-state index contributed by atoms with van der Waals surface area (Å²) in [6, 6.07) is 2.87. The molecule has 4 rings (SSSR count). The highest BCUT2D eigenvalue weighted by Crippen LogP contribution is 2.34. The van der Waals surface area contributed by atoms with Gasteiger partial charge >= 0.3 is 0 Å². The minimum absolute atomic E-state index is 0.0681. The third-order valence-corrected chi connectivity index (χ3v) is 7.73. The van der Waals surface area contributed by atoms with Gasteiger partial charge in [-0.2, -0.15) is 0 Å². The van der Waals surface area contributed by atoms with Crippen molar-refractivity contribution in [3.05, 3.63) is 29.5 Å². The zero-order chi connectivity index (χ0) is 26.5. The SMILES string of the molecule is CCCC1CCC(C#Cc2cnc(OC[C@H]3NC(=O)[C@@H](F)[C@H]3CC)c3cc(OC)c(C(N)=O)cc23)CC1. The van der Waals surface area contributed by atoms with Gasteiger partial charge in [0, 0.05) is 28.8 Å². The molecule has 1 aromatic carbocycles. The van der Waals surface area contributed by atoms with E-state index in [2.05, 4.69) is 29.1 Å². The Labute approximate surface area is 217 Å². The summed E-state index contributed by atoms with van der Waals surface area (Å²) < 4.78 is 25.6. The summed E-state index contributed by atoms with van der Waals surface area (Å²) in [4.78, 5) is 28.5. The van der Waals surface area contributed by atoms with E-state index in [-0.39, 0.29) is 12.2 Å². The van der Waals surface area contributed by atoms with E-state index in [0.29, 0.717) is 40.3 Å². The number of fused-ring (bicyclic) bond motifs is 1. The number of nitrogens with zero attached hydrogens (tertiary/aromatic N) is 1. The van der Waals surface area contributed by atoms with Gasteiger partial charge < -0.3 is 20.5 Å². The van der Waals surface area contributed by atoms with Crippen molar-refractivity contribution in [1.82, 2.24) is 10.3 Å². The second-order valence-electron chi connectivity index (χ2n) is 10.1. The van der Waals surface area contributed by atoms with E-state index in [1.165, 1.54) is 32.8 Å². The molecule has 0 unspecified atom stereocenters. The Morgan fingerprint density at radius 2 is 1.97 bits per heavy atom. The zero-order valence-corrected chi connectivity index (χ0v) is 21.8. The van der Waals surface area contributed by atoms with Gasteiger partial charge in [0.15, 0.2) is 6.17 Å². The normalized spacial score (nSPS) is 25.3. The number of ether oxygens (including phenoxy) is 2. The number of halogens is 1. The summed E-state index contributed by atoms with van der Waals surface area (Å²) >= 11 is 0. The fraction of sp³-hybridized carbons (Fsp3) is 0.552. The van der Waals surface area contributed by atoms with Gasteiger partial charge in [-0.1, -0.05) is 38.5 Å². The molecule has 0 bridgehead atoms. The third kappa shape index (κ3) is 5.82. The summed E-state index contributed by atoms with van der Waals surface area (Å²) in [7, 11) is 1.46. The molecule has 3 N–H and O–H groups in total. The Bertz CT molecular complexity index is 1210. The molecule has 0 spiro atoms. The minimum atomic E-state index is -1.55. The lowest BCUT2D eigenvalue weighted by atomic mass is 9.80. The third-order valence-electron chi connectivity index (χ3n) is 7.73. The fourth-order valence-corrected chi connectivity index (χ4v) is 5.59. The first-order chi connectivity index (χ1) is 17.9. The van der Waals surface area contributed by atoms with Crippen LogP contribution in [0.3, 0.4) is 0 Å². The van der Waals surface area contributed by atoms with Gasteiger partial charge in [-0.3, -0.25) is 9.59 Å². The molecule has 1 saturated carbocycles. The number of benzene rings is 1. The monoisotopic (exact) mass is 509 g/mol. The molecule has 3 atom stereocenters. The Hall–Kier alpha value is -3.34. The number of alkyl halides is 1. The number of methoxy groups -OCH3 is 1. The first-order valence-corrected chi connectivity index (χ1v) is 13.3. The van der Waals surface area contributed by atoms with E-state index in [1.54, 1.807) is 18.3 Å². The lowest BCUT2D eigenvalue weighted by Crippen LogP contribution is -2.34. The lowest BCUT2D eigenvalue weighted by molar-refractivity contribution is -0.123. The van der Waals surface area contributed by atoms with E-state index in [0.717, 1.165) is 18.8 Å². The first-order valence-electron chi connectivity index (χ1n) is 13.3. The summed E-state index contributed by atoms with van der Waals surface area (Å²) in [5.74, 6) is 6.76. The maximum absolute atomic E-state index is 14.2. The number of carbonyl (C=O) groups excluding carboxylic acids is 2. The highest BCUT2D eigenvalue weighted by molar-refractivity contribution is 6.03. The van der Waals surface area contributed by atoms with E-state index in [9.17, 15) is 14.0 Å². The molecule has 37 heavy (non-hydrogen) atoms. The largest absolute Gasteiger partial charge is 0.496 e. The van der Waals surface area contributed by atoms with Crippen LogP contribution >= 0.6 is 0 Å². The van der Waals surface area contributed by atoms with Crippen LogP contribution in [0.1, 0.15) is 74.7 Å². The van der Waals surface area contributed by atoms with Crippen molar-refractivity contribution in [3.63, 3.8) is 0 Å². The maximum atomic E-state index is 14.2. The summed E-state index contributed by atoms with van der Waals surface area (Å²) in [5, 5.41) is 3.96. The number of rotatable bonds is 8. The molecule has 1 aliphatic carbocycles. The second-order valence-corrected chi connectivity index (χ2v) is 10.1. The number of aromatic nitrogens is 1. The topological polar surface area (TPSA) is 104 Å². The first kappa shape index (κ1) is 26.7. The van der Waals surface area contributed by atoms with Gasteiger partial charge in [-0.25, -0.2) is 9.37 Å². The molecule has 2 aromatic rings. The zero-order valence-electron chi connectivity index (χ0n) is 21.8. The second kappa shape index (κ2) is 11.8. The lowest BCUT2D eigenvalue weighted by Gasteiger charge is -2.25. The van der Waals surface area contributed by atoms with Crippen molar-refractivity contribution in [2.24, 2.45) is 23.5 Å². The van der Waals surface area contributed by atoms with Crippen molar-refractivity contribution in [1.29, 1.82) is 0 Å². The molecular weight excluding hydrogens is 473 g/mol. The van der Waals surface area contributed by atoms with E-state index in [4.69, 9.17) is 15.2 Å². The summed E-state index contributed by atoms with van der Waals surface area (Å²) in [6.07, 6.45) is 7.69. The standard InChI is InChI=1S/C29H36FN3O4/c1-4-6-17-7-9-18(10-8-17)11-12-19-15-32-29(37-16-24-20(5-2)26(30)28(35)33-24)22-14-25(36-3)23(27(31)34)13-21(19)22/h13-15,17-18,20,24,26H,4-10,16H2,1-3H3,(H2,31,34)(H,33,35)/t17?,18?,20-,24+,26-/m0/s1. The Morgan fingerprint density at radius 1 is 1.22 bits per heavy atom. The molecule has 2 fully saturated rings. The molecule has 2 amide bonds. The predicted molar refractivity (Wildman–Crippen MR) is 140 cm³/mol. The number of hydrogen-bond donors (Lipinski definition) is 2. The van der Waals surface area contributed by atoms with E-state index >= 15 is 0 Å². The highest BCUT2D eigenvalue weighted by atomic mass is 19.1. The average molecular weight is 510 g/mol. The van der Waals surface area contributed by atoms with E-state index in [1.807, 2.05) is 6.92 Å². The van der Waals surface area contributed by atoms with Gasteiger partial charge in [0.1, 0.15) is 12.4 Å². The fourth-order valence-electron chi connectivity index (χ4n) is 5.59. The number of hydrogen-bond acceptors (Lipinski definition) is 5. The molecule has 0 radical (unpaired) electrons. The molecule has 2 aliphatic rings. The van der Waals surface area contributed by atoms with Gasteiger partial charge in [-0.05, 0) is 50.2 Å². The van der Waals surface area contributed by atoms with Crippen LogP contribution in [0.5, 0.6) is 11.6 Å². The van der Waals surface area contributed by atoms with Crippen LogP contribution in [-0.4, -0.2) is 42.7 Å². The number of nitrogens with one attached hydrogen (secondary N) is 1. The average Bonchev–Trinajstić information content (AvgIpc) is 3.18. The van der Waals surface area contributed by atoms with E-state index < -0.39 is 29.9 Å². The molecule has 198 valence electrons. The van der Waals surface area contributed by atoms with Crippen LogP contribution < -0.4 is 20.5 Å². The quantitative estimate of drug-likeness (QED) is 0.509. The maximum Gasteiger partial charge on any atom is 0.255 e. The number of pyridine rings is 1. The molecule has 8 heteroatoms. The van der Waals surface area contributed by atoms with Gasteiger partial charge in [0.25, 0.3) is 11.8 Å². The predicted octanol–water partition coefficient (Wildman–Crippen LogP) is 4.54. The van der Waals surface area contributed by atoms with Crippen molar-refractivity contribution in [2.45, 2.75) is 71.0 Å². The van der Waals surface area contributed by atoms with Crippen molar-refractivity contribution < 1.29 is 23.5 Å². The Kier molecular flexibility index (Phi) is 8.52. The molecule has 2 heterocycles. The number of nitrogens with two attached hydrogens (primary N) is 1. The Balaban J connectivity index is 1.64. The Morgan fingerprint density at radius 3 is 2.62 bits per heavy atom. The van der Waals surface area contributed by atoms with Crippen LogP contribution in [0.2, 0.25) is 0 Å². The van der Waals surface area contributed by atoms with Crippen LogP contribution in [0.4, 0.5) is 4.39 Å². The van der Waals surface area contributed by atoms with Crippen LogP contribution in [0.25, 0.3) is 10.8 Å². The van der Waals surface area contributed by atoms with Crippen LogP contribution in [0, 0.1) is 29.6 Å². The molecular formula is C29H36FN3O4. The summed E-state index contributed by atoms with van der Waals surface area (Å²) in [5.41, 5.74) is 6.53. The molecule has 7 nitrogen and oxygen atoms in total. The molecule has 1 aliphatic heterocycles. The highest BCUT2D eigenvalue weighted by Gasteiger charge is 2.41. The molecule has 1 aromatic heterocycles. The van der Waals surface area contributed by atoms with Crippen molar-refractivity contribution in [2.75, 3.05) is 13.7 Å². The van der Waals surface area contributed by atoms with Crippen LogP contribution in [-0.2, 0) is 4.79 Å².